The molecule has 0 bridgehead atoms. The molecule has 1 aromatic rings. The van der Waals surface area contributed by atoms with E-state index in [1.165, 1.54) is 46.1 Å². The van der Waals surface area contributed by atoms with Crippen LogP contribution in [0.25, 0.3) is 0 Å². The number of rotatable bonds is 2. The van der Waals surface area contributed by atoms with Crippen molar-refractivity contribution in [3.8, 4) is 5.75 Å². The number of carbonyl (C=O) groups is 2. The lowest BCUT2D eigenvalue weighted by atomic mass is 9.82. The summed E-state index contributed by atoms with van der Waals surface area (Å²) >= 11 is 0. The standard InChI is InChI=1S/C16H17F3O4/c1-14(2,3)23-13(21)15(16(17,18)19)8-9-5-6-10(22-4)7-11(9)12(15)20/h5-7H,8H2,1-4H3/t15-/m1/s1. The molecule has 0 amide bonds. The highest BCUT2D eigenvalue weighted by Gasteiger charge is 2.69. The monoisotopic (exact) mass is 330 g/mol. The summed E-state index contributed by atoms with van der Waals surface area (Å²) in [4.78, 5) is 24.8. The number of carbonyl (C=O) groups excluding carboxylic acids is 2. The van der Waals surface area contributed by atoms with Crippen LogP contribution in [0.5, 0.6) is 5.75 Å². The normalized spacial score (nSPS) is 21.1. The first-order chi connectivity index (χ1) is 10.4. The lowest BCUT2D eigenvalue weighted by Gasteiger charge is -2.31. The van der Waals surface area contributed by atoms with E-state index in [1.54, 1.807) is 0 Å². The zero-order chi connectivity index (χ0) is 17.6. The van der Waals surface area contributed by atoms with Crippen molar-refractivity contribution in [2.45, 2.75) is 39.0 Å². The van der Waals surface area contributed by atoms with Gasteiger partial charge in [0.2, 0.25) is 5.41 Å². The molecule has 0 heterocycles. The molecule has 1 aromatic carbocycles. The van der Waals surface area contributed by atoms with Crippen molar-refractivity contribution in [2.24, 2.45) is 5.41 Å². The summed E-state index contributed by atoms with van der Waals surface area (Å²) in [5.74, 6) is -2.62. The van der Waals surface area contributed by atoms with Crippen LogP contribution in [0.4, 0.5) is 13.2 Å². The Morgan fingerprint density at radius 3 is 2.30 bits per heavy atom. The molecule has 0 N–H and O–H groups in total. The van der Waals surface area contributed by atoms with E-state index in [-0.39, 0.29) is 16.9 Å². The van der Waals surface area contributed by atoms with Gasteiger partial charge in [0, 0.05) is 12.0 Å². The summed E-state index contributed by atoms with van der Waals surface area (Å²) in [6, 6.07) is 4.03. The second-order valence-corrected chi connectivity index (χ2v) is 6.43. The summed E-state index contributed by atoms with van der Waals surface area (Å²) < 4.78 is 50.9. The predicted octanol–water partition coefficient (Wildman–Crippen LogP) is 3.32. The van der Waals surface area contributed by atoms with Crippen LogP contribution in [0.1, 0.15) is 36.7 Å². The predicted molar refractivity (Wildman–Crippen MR) is 75.4 cm³/mol. The summed E-state index contributed by atoms with van der Waals surface area (Å²) in [7, 11) is 1.34. The molecule has 7 heteroatoms. The first-order valence-electron chi connectivity index (χ1n) is 6.94. The average molecular weight is 330 g/mol. The minimum Gasteiger partial charge on any atom is -0.497 e. The Balaban J connectivity index is 2.55. The molecule has 0 aromatic heterocycles. The fraction of sp³-hybridized carbons (Fsp3) is 0.500. The molecule has 23 heavy (non-hydrogen) atoms. The van der Waals surface area contributed by atoms with Crippen molar-refractivity contribution >= 4 is 11.8 Å². The van der Waals surface area contributed by atoms with Crippen molar-refractivity contribution in [3.05, 3.63) is 29.3 Å². The minimum absolute atomic E-state index is 0.152. The number of Topliss-reactive ketones (excluding diaryl/α,β-unsaturated/α-hetero) is 1. The number of ketones is 1. The van der Waals surface area contributed by atoms with Gasteiger partial charge in [0.15, 0.2) is 5.78 Å². The Morgan fingerprint density at radius 1 is 1.22 bits per heavy atom. The van der Waals surface area contributed by atoms with Crippen LogP contribution >= 0.6 is 0 Å². The van der Waals surface area contributed by atoms with E-state index in [1.807, 2.05) is 0 Å². The molecular formula is C16H17F3O4. The molecule has 126 valence electrons. The highest BCUT2D eigenvalue weighted by atomic mass is 19.4. The van der Waals surface area contributed by atoms with E-state index < -0.39 is 35.4 Å². The van der Waals surface area contributed by atoms with E-state index in [9.17, 15) is 22.8 Å². The van der Waals surface area contributed by atoms with Crippen LogP contribution in [0.3, 0.4) is 0 Å². The van der Waals surface area contributed by atoms with Crippen molar-refractivity contribution in [2.75, 3.05) is 7.11 Å². The zero-order valence-corrected chi connectivity index (χ0v) is 13.2. The second kappa shape index (κ2) is 5.25. The lowest BCUT2D eigenvalue weighted by molar-refractivity contribution is -0.223. The van der Waals surface area contributed by atoms with Gasteiger partial charge in [-0.1, -0.05) is 6.07 Å². The molecule has 0 saturated carbocycles. The van der Waals surface area contributed by atoms with Gasteiger partial charge in [-0.15, -0.1) is 0 Å². The van der Waals surface area contributed by atoms with Gasteiger partial charge >= 0.3 is 12.1 Å². The van der Waals surface area contributed by atoms with E-state index in [4.69, 9.17) is 9.47 Å². The van der Waals surface area contributed by atoms with Gasteiger partial charge in [-0.3, -0.25) is 9.59 Å². The van der Waals surface area contributed by atoms with Gasteiger partial charge in [0.1, 0.15) is 11.4 Å². The Morgan fingerprint density at radius 2 is 1.83 bits per heavy atom. The molecule has 0 saturated heterocycles. The molecule has 0 unspecified atom stereocenters. The Hall–Kier alpha value is -2.05. The van der Waals surface area contributed by atoms with Gasteiger partial charge in [-0.2, -0.15) is 13.2 Å². The number of esters is 1. The van der Waals surface area contributed by atoms with Gasteiger partial charge < -0.3 is 9.47 Å². The number of hydrogen-bond donors (Lipinski definition) is 0. The van der Waals surface area contributed by atoms with Crippen LogP contribution < -0.4 is 4.74 Å². The Labute approximate surface area is 131 Å². The summed E-state index contributed by atoms with van der Waals surface area (Å²) in [5.41, 5.74) is -4.34. The molecule has 1 aliphatic carbocycles. The fourth-order valence-electron chi connectivity index (χ4n) is 2.52. The van der Waals surface area contributed by atoms with Crippen LogP contribution in [-0.2, 0) is 16.0 Å². The van der Waals surface area contributed by atoms with E-state index in [0.29, 0.717) is 0 Å². The molecule has 0 spiro atoms. The maximum Gasteiger partial charge on any atom is 0.412 e. The largest absolute Gasteiger partial charge is 0.497 e. The Kier molecular flexibility index (Phi) is 3.95. The van der Waals surface area contributed by atoms with Gasteiger partial charge in [-0.25, -0.2) is 0 Å². The average Bonchev–Trinajstić information content (AvgIpc) is 2.70. The third-order valence-corrected chi connectivity index (χ3v) is 3.64. The topological polar surface area (TPSA) is 52.6 Å². The van der Waals surface area contributed by atoms with Crippen LogP contribution in [0, 0.1) is 5.41 Å². The molecular weight excluding hydrogens is 313 g/mol. The number of fused-ring (bicyclic) bond motifs is 1. The number of halogens is 3. The van der Waals surface area contributed by atoms with E-state index >= 15 is 0 Å². The Bertz CT molecular complexity index is 658. The summed E-state index contributed by atoms with van der Waals surface area (Å²) in [6.45, 7) is 4.35. The van der Waals surface area contributed by atoms with Crippen LogP contribution in [-0.4, -0.2) is 30.6 Å². The summed E-state index contributed by atoms with van der Waals surface area (Å²) in [6.07, 6.45) is -5.82. The third-order valence-electron chi connectivity index (χ3n) is 3.64. The van der Waals surface area contributed by atoms with Crippen molar-refractivity contribution in [3.63, 3.8) is 0 Å². The summed E-state index contributed by atoms with van der Waals surface area (Å²) in [5, 5.41) is 0. The van der Waals surface area contributed by atoms with Crippen LogP contribution in [0.2, 0.25) is 0 Å². The minimum atomic E-state index is -5.06. The number of ether oxygens (including phenoxy) is 2. The maximum atomic E-state index is 13.7. The van der Waals surface area contributed by atoms with E-state index in [2.05, 4.69) is 0 Å². The third kappa shape index (κ3) is 2.80. The van der Waals surface area contributed by atoms with Gasteiger partial charge in [0.25, 0.3) is 0 Å². The molecule has 0 radical (unpaired) electrons. The quantitative estimate of drug-likeness (QED) is 0.616. The second-order valence-electron chi connectivity index (χ2n) is 6.43. The maximum absolute atomic E-state index is 13.7. The number of hydrogen-bond acceptors (Lipinski definition) is 4. The fourth-order valence-corrected chi connectivity index (χ4v) is 2.52. The molecule has 1 atom stereocenters. The van der Waals surface area contributed by atoms with Gasteiger partial charge in [-0.05, 0) is 38.5 Å². The first-order valence-corrected chi connectivity index (χ1v) is 6.94. The zero-order valence-electron chi connectivity index (χ0n) is 13.2. The van der Waals surface area contributed by atoms with Gasteiger partial charge in [0.05, 0.1) is 7.11 Å². The van der Waals surface area contributed by atoms with Crippen LogP contribution in [0.15, 0.2) is 18.2 Å². The van der Waals surface area contributed by atoms with Crippen molar-refractivity contribution in [1.29, 1.82) is 0 Å². The highest BCUT2D eigenvalue weighted by molar-refractivity contribution is 6.17. The number of methoxy groups -OCH3 is 1. The SMILES string of the molecule is COc1ccc2c(c1)C(=O)[C@](C(=O)OC(C)(C)C)(C(F)(F)F)C2. The lowest BCUT2D eigenvalue weighted by Crippen LogP contribution is -2.52. The smallest absolute Gasteiger partial charge is 0.412 e. The first kappa shape index (κ1) is 17.3. The van der Waals surface area contributed by atoms with Crippen molar-refractivity contribution < 1.29 is 32.2 Å². The number of alkyl halides is 3. The highest BCUT2D eigenvalue weighted by Crippen LogP contribution is 2.50. The molecule has 0 fully saturated rings. The van der Waals surface area contributed by atoms with Crippen molar-refractivity contribution in [1.82, 2.24) is 0 Å². The molecule has 1 aliphatic rings. The van der Waals surface area contributed by atoms with E-state index in [0.717, 1.165) is 0 Å². The molecule has 2 rings (SSSR count). The molecule has 0 aliphatic heterocycles. The number of benzene rings is 1. The molecule has 4 nitrogen and oxygen atoms in total.